The third-order valence-corrected chi connectivity index (χ3v) is 6.79. The molecule has 2 heterocycles. The average molecular weight is 527 g/mol. The maximum atomic E-state index is 13.2. The number of anilines is 1. The van der Waals surface area contributed by atoms with Crippen molar-refractivity contribution in [3.63, 3.8) is 0 Å². The van der Waals surface area contributed by atoms with E-state index in [-0.39, 0.29) is 34.1 Å². The van der Waals surface area contributed by atoms with E-state index in [1.165, 1.54) is 28.6 Å². The van der Waals surface area contributed by atoms with Gasteiger partial charge in [-0.15, -0.1) is 10.2 Å². The van der Waals surface area contributed by atoms with Gasteiger partial charge in [-0.3, -0.25) is 14.9 Å². The lowest BCUT2D eigenvalue weighted by Gasteiger charge is -2.04. The molecule has 0 aliphatic carbocycles. The van der Waals surface area contributed by atoms with Gasteiger partial charge in [0.2, 0.25) is 11.0 Å². The molecule has 0 saturated heterocycles. The Morgan fingerprint density at radius 1 is 1.11 bits per heavy atom. The van der Waals surface area contributed by atoms with Crippen molar-refractivity contribution in [3.05, 3.63) is 77.9 Å². The van der Waals surface area contributed by atoms with Gasteiger partial charge in [-0.1, -0.05) is 53.4 Å². The minimum absolute atomic E-state index is 0.0587. The maximum Gasteiger partial charge on any atom is 0.281 e. The van der Waals surface area contributed by atoms with Gasteiger partial charge in [-0.2, -0.15) is 5.10 Å². The van der Waals surface area contributed by atoms with Crippen molar-refractivity contribution in [1.82, 2.24) is 25.3 Å². The molecule has 0 bridgehead atoms. The average Bonchev–Trinajstić information content (AvgIpc) is 3.51. The van der Waals surface area contributed by atoms with Crippen molar-refractivity contribution in [3.8, 4) is 11.4 Å². The van der Waals surface area contributed by atoms with Crippen LogP contribution >= 0.6 is 23.1 Å². The number of hydrogen-bond acceptors (Lipinski definition) is 8. The Morgan fingerprint density at radius 2 is 1.89 bits per heavy atom. The van der Waals surface area contributed by atoms with Crippen LogP contribution in [0.1, 0.15) is 23.0 Å². The van der Waals surface area contributed by atoms with Crippen LogP contribution in [0, 0.1) is 5.82 Å². The number of carbonyl (C=O) groups is 2. The highest BCUT2D eigenvalue weighted by atomic mass is 32.2. The minimum Gasteiger partial charge on any atom is -0.490 e. The summed E-state index contributed by atoms with van der Waals surface area (Å²) in [7, 11) is 0. The molecule has 36 heavy (non-hydrogen) atoms. The number of amides is 2. The molecule has 4 rings (SSSR count). The predicted molar refractivity (Wildman–Crippen MR) is 136 cm³/mol. The molecule has 0 radical (unpaired) electrons. The number of thioether (sulfide) groups is 1. The summed E-state index contributed by atoms with van der Waals surface area (Å²) in [5.41, 5.74) is 1.79. The normalized spacial score (nSPS) is 10.7. The smallest absolute Gasteiger partial charge is 0.281 e. The second-order valence-electron chi connectivity index (χ2n) is 7.40. The van der Waals surface area contributed by atoms with Crippen LogP contribution in [-0.2, 0) is 11.2 Å². The van der Waals surface area contributed by atoms with Crippen LogP contribution in [0.25, 0.3) is 5.69 Å². The van der Waals surface area contributed by atoms with Crippen molar-refractivity contribution >= 4 is 40.0 Å². The number of benzene rings is 2. The molecular weight excluding hydrogens is 503 g/mol. The third kappa shape index (κ3) is 6.89. The van der Waals surface area contributed by atoms with Gasteiger partial charge >= 0.3 is 0 Å². The second kappa shape index (κ2) is 12.3. The van der Waals surface area contributed by atoms with E-state index in [0.29, 0.717) is 23.2 Å². The summed E-state index contributed by atoms with van der Waals surface area (Å²) in [6.07, 6.45) is 2.32. The molecule has 4 aromatic rings. The fourth-order valence-corrected chi connectivity index (χ4v) is 4.72. The molecule has 2 aromatic heterocycles. The van der Waals surface area contributed by atoms with Crippen LogP contribution < -0.4 is 15.4 Å². The lowest BCUT2D eigenvalue weighted by molar-refractivity contribution is -0.118. The molecule has 186 valence electrons. The summed E-state index contributed by atoms with van der Waals surface area (Å²) < 4.78 is 20.8. The number of aromatic nitrogens is 4. The summed E-state index contributed by atoms with van der Waals surface area (Å²) >= 11 is 2.39. The zero-order valence-corrected chi connectivity index (χ0v) is 20.9. The lowest BCUT2D eigenvalue weighted by atomic mass is 10.1. The van der Waals surface area contributed by atoms with E-state index in [0.717, 1.165) is 23.3 Å². The van der Waals surface area contributed by atoms with Gasteiger partial charge in [0, 0.05) is 6.54 Å². The van der Waals surface area contributed by atoms with Crippen LogP contribution in [0.5, 0.6) is 5.75 Å². The Morgan fingerprint density at radius 3 is 2.64 bits per heavy atom. The number of hydrogen-bond donors (Lipinski definition) is 2. The number of carbonyl (C=O) groups excluding carboxylic acids is 2. The van der Waals surface area contributed by atoms with Crippen LogP contribution in [0.15, 0.2) is 65.1 Å². The molecule has 0 atom stereocenters. The van der Waals surface area contributed by atoms with Crippen LogP contribution in [0.4, 0.5) is 9.52 Å². The van der Waals surface area contributed by atoms with Crippen LogP contribution in [-0.4, -0.2) is 50.7 Å². The number of halogens is 1. The minimum atomic E-state index is -0.523. The number of nitrogens with zero attached hydrogens (tertiary/aromatic N) is 4. The maximum absolute atomic E-state index is 13.2. The zero-order chi connectivity index (χ0) is 25.3. The van der Waals surface area contributed by atoms with Gasteiger partial charge in [-0.25, -0.2) is 9.07 Å². The third-order valence-electron chi connectivity index (χ3n) is 4.82. The van der Waals surface area contributed by atoms with E-state index >= 15 is 0 Å². The Kier molecular flexibility index (Phi) is 8.63. The van der Waals surface area contributed by atoms with E-state index in [1.54, 1.807) is 25.3 Å². The Bertz CT molecular complexity index is 1310. The lowest BCUT2D eigenvalue weighted by Crippen LogP contribution is -2.27. The van der Waals surface area contributed by atoms with Gasteiger partial charge in [0.15, 0.2) is 15.8 Å². The highest BCUT2D eigenvalue weighted by Gasteiger charge is 2.21. The molecular formula is C24H23FN6O3S2. The summed E-state index contributed by atoms with van der Waals surface area (Å²) in [6.45, 7) is 2.68. The highest BCUT2D eigenvalue weighted by molar-refractivity contribution is 8.01. The molecule has 0 spiro atoms. The SMILES string of the molecule is CCOc1cn(-c2ccc(F)cc2)nc1C(=O)Nc1nnc(SCC(=O)NCCc2ccccc2)s1. The molecule has 0 fully saturated rings. The van der Waals surface area contributed by atoms with E-state index < -0.39 is 5.91 Å². The van der Waals surface area contributed by atoms with Crippen LogP contribution in [0.3, 0.4) is 0 Å². The number of nitrogens with one attached hydrogen (secondary N) is 2. The van der Waals surface area contributed by atoms with E-state index in [1.807, 2.05) is 30.3 Å². The quantitative estimate of drug-likeness (QED) is 0.225. The standard InChI is InChI=1S/C24H23FN6O3S2/c1-2-34-19-14-31(18-10-8-17(25)9-11-18)30-21(19)22(33)27-23-28-29-24(36-23)35-15-20(32)26-13-12-16-6-4-3-5-7-16/h3-11,14H,2,12-13,15H2,1H3,(H,26,32)(H,27,28,33). The van der Waals surface area contributed by atoms with Gasteiger partial charge in [-0.05, 0) is 43.2 Å². The summed E-state index contributed by atoms with van der Waals surface area (Å²) in [5.74, 6) is -0.530. The molecule has 0 aliphatic heterocycles. The molecule has 12 heteroatoms. The predicted octanol–water partition coefficient (Wildman–Crippen LogP) is 3.96. The number of rotatable bonds is 11. The monoisotopic (exact) mass is 526 g/mol. The largest absolute Gasteiger partial charge is 0.490 e. The molecule has 2 aromatic carbocycles. The summed E-state index contributed by atoms with van der Waals surface area (Å²) in [4.78, 5) is 25.0. The first-order valence-corrected chi connectivity index (χ1v) is 12.9. The first-order valence-electron chi connectivity index (χ1n) is 11.1. The van der Waals surface area contributed by atoms with E-state index in [2.05, 4.69) is 25.9 Å². The zero-order valence-electron chi connectivity index (χ0n) is 19.3. The second-order valence-corrected chi connectivity index (χ2v) is 9.60. The summed E-state index contributed by atoms with van der Waals surface area (Å²) in [5, 5.41) is 18.1. The Hall–Kier alpha value is -3.77. The van der Waals surface area contributed by atoms with Gasteiger partial charge in [0.25, 0.3) is 5.91 Å². The van der Waals surface area contributed by atoms with Crippen molar-refractivity contribution in [2.75, 3.05) is 24.2 Å². The molecule has 2 amide bonds. The molecule has 0 unspecified atom stereocenters. The van der Waals surface area contributed by atoms with Gasteiger partial charge in [0.05, 0.1) is 24.2 Å². The first kappa shape index (κ1) is 25.3. The molecule has 2 N–H and O–H groups in total. The van der Waals surface area contributed by atoms with Crippen LogP contribution in [0.2, 0.25) is 0 Å². The first-order chi connectivity index (χ1) is 17.5. The van der Waals surface area contributed by atoms with Crippen molar-refractivity contribution in [1.29, 1.82) is 0 Å². The van der Waals surface area contributed by atoms with E-state index in [4.69, 9.17) is 4.74 Å². The van der Waals surface area contributed by atoms with Crippen molar-refractivity contribution < 1.29 is 18.7 Å². The molecule has 0 saturated carbocycles. The van der Waals surface area contributed by atoms with Gasteiger partial charge < -0.3 is 10.1 Å². The van der Waals surface area contributed by atoms with Crippen molar-refractivity contribution in [2.45, 2.75) is 17.7 Å². The number of ether oxygens (including phenoxy) is 1. The molecule has 9 nitrogen and oxygen atoms in total. The Labute approximate surface area is 215 Å². The summed E-state index contributed by atoms with van der Waals surface area (Å²) in [6, 6.07) is 15.6. The van der Waals surface area contributed by atoms with Gasteiger partial charge in [0.1, 0.15) is 5.82 Å². The molecule has 0 aliphatic rings. The van der Waals surface area contributed by atoms with E-state index in [9.17, 15) is 14.0 Å². The van der Waals surface area contributed by atoms with Crippen molar-refractivity contribution in [2.24, 2.45) is 0 Å². The fourth-order valence-electron chi connectivity index (χ4n) is 3.15. The fraction of sp³-hybridized carbons (Fsp3) is 0.208. The Balaban J connectivity index is 1.31. The topological polar surface area (TPSA) is 111 Å². The highest BCUT2D eigenvalue weighted by Crippen LogP contribution is 2.27.